The van der Waals surface area contributed by atoms with Gasteiger partial charge in [-0.3, -0.25) is 0 Å². The molecule has 0 radical (unpaired) electrons. The van der Waals surface area contributed by atoms with Gasteiger partial charge < -0.3 is 5.11 Å². The molecule has 0 saturated carbocycles. The van der Waals surface area contributed by atoms with E-state index >= 15 is 0 Å². The zero-order chi connectivity index (χ0) is 9.61. The lowest BCUT2D eigenvalue weighted by Crippen LogP contribution is -2.20. The quantitative estimate of drug-likeness (QED) is 0.391. The molecule has 0 heterocycles. The second-order valence-electron chi connectivity index (χ2n) is 3.84. The molecule has 4 heteroatoms. The predicted molar refractivity (Wildman–Crippen MR) is 44.1 cm³/mol. The first kappa shape index (κ1) is 11.8. The Balaban J connectivity index is 3.22. The minimum atomic E-state index is -0.373. The predicted octanol–water partition coefficient (Wildman–Crippen LogP) is 1.29. The molecule has 0 saturated heterocycles. The van der Waals surface area contributed by atoms with Gasteiger partial charge in [0.2, 0.25) is 0 Å². The average molecular weight is 178 g/mol. The van der Waals surface area contributed by atoms with Crippen molar-refractivity contribution in [3.05, 3.63) is 0 Å². The van der Waals surface area contributed by atoms with Crippen molar-refractivity contribution in [1.82, 2.24) is 0 Å². The number of aliphatic hydroxyl groups excluding tert-OH is 1. The van der Waals surface area contributed by atoms with Gasteiger partial charge in [-0.2, -0.15) is 0 Å². The van der Waals surface area contributed by atoms with E-state index < -0.39 is 0 Å². The molecule has 0 aromatic rings. The molecule has 0 aromatic heterocycles. The van der Waals surface area contributed by atoms with Gasteiger partial charge in [0.1, 0.15) is 0 Å². The minimum Gasteiger partial charge on any atom is -0.396 e. The highest BCUT2D eigenvalue weighted by atomic mass is 17.5. The first-order valence-corrected chi connectivity index (χ1v) is 4.04. The maximum absolute atomic E-state index is 8.62. The fourth-order valence-electron chi connectivity index (χ4n) is 0.323. The van der Waals surface area contributed by atoms with Crippen molar-refractivity contribution in [3.63, 3.8) is 0 Å². The van der Waals surface area contributed by atoms with Crippen LogP contribution >= 0.6 is 0 Å². The Bertz CT molecular complexity index is 108. The first-order chi connectivity index (χ1) is 5.45. The van der Waals surface area contributed by atoms with E-state index in [1.807, 2.05) is 27.7 Å². The Kier molecular flexibility index (Phi) is 5.41. The van der Waals surface area contributed by atoms with Gasteiger partial charge in [-0.1, -0.05) is 12.0 Å². The average Bonchev–Trinajstić information content (AvgIpc) is 1.96. The van der Waals surface area contributed by atoms with Crippen molar-refractivity contribution >= 4 is 0 Å². The molecule has 0 rings (SSSR count). The van der Waals surface area contributed by atoms with Crippen molar-refractivity contribution < 1.29 is 19.9 Å². The Hall–Kier alpha value is -0.160. The van der Waals surface area contributed by atoms with Crippen LogP contribution in [0.4, 0.5) is 0 Å². The zero-order valence-corrected chi connectivity index (χ0v) is 8.16. The monoisotopic (exact) mass is 178 g/mol. The van der Waals surface area contributed by atoms with Crippen molar-refractivity contribution in [1.29, 1.82) is 0 Å². The Morgan fingerprint density at radius 2 is 1.92 bits per heavy atom. The third kappa shape index (κ3) is 7.94. The van der Waals surface area contributed by atoms with Crippen LogP contribution in [-0.2, 0) is 14.8 Å². The fourth-order valence-corrected chi connectivity index (χ4v) is 0.323. The lowest BCUT2D eigenvalue weighted by Gasteiger charge is -2.16. The summed E-state index contributed by atoms with van der Waals surface area (Å²) in [5, 5.41) is 13.1. The molecule has 0 bridgehead atoms. The van der Waals surface area contributed by atoms with E-state index in [4.69, 9.17) is 9.99 Å². The normalized spacial score (nSPS) is 14.8. The highest BCUT2D eigenvalue weighted by molar-refractivity contribution is 4.53. The van der Waals surface area contributed by atoms with Gasteiger partial charge in [-0.25, -0.2) is 9.78 Å². The number of hydrogen-bond acceptors (Lipinski definition) is 4. The summed E-state index contributed by atoms with van der Waals surface area (Å²) in [6.45, 7) is 7.81. The lowest BCUT2D eigenvalue weighted by atomic mass is 10.2. The molecule has 4 nitrogen and oxygen atoms in total. The number of hydrogen-bond donors (Lipinski definition) is 1. The van der Waals surface area contributed by atoms with Gasteiger partial charge in [0, 0.05) is 12.5 Å². The summed E-state index contributed by atoms with van der Waals surface area (Å²) in [6, 6.07) is 0. The second-order valence-corrected chi connectivity index (χ2v) is 3.84. The third-order valence-corrected chi connectivity index (χ3v) is 0.996. The summed E-state index contributed by atoms with van der Waals surface area (Å²) >= 11 is 0. The van der Waals surface area contributed by atoms with E-state index in [1.54, 1.807) is 0 Å². The van der Waals surface area contributed by atoms with Crippen molar-refractivity contribution in [2.24, 2.45) is 5.92 Å². The molecule has 0 aliphatic heterocycles. The molecule has 1 N–H and O–H groups in total. The molecule has 0 fully saturated rings. The number of aliphatic hydroxyl groups is 1. The van der Waals surface area contributed by atoms with Gasteiger partial charge >= 0.3 is 0 Å². The van der Waals surface area contributed by atoms with Crippen LogP contribution in [0.5, 0.6) is 0 Å². The van der Waals surface area contributed by atoms with Gasteiger partial charge in [-0.15, -0.1) is 0 Å². The highest BCUT2D eigenvalue weighted by Crippen LogP contribution is 2.07. The summed E-state index contributed by atoms with van der Waals surface area (Å²) in [4.78, 5) is 9.50. The summed E-state index contributed by atoms with van der Waals surface area (Å²) in [5.41, 5.74) is -0.373. The summed E-state index contributed by atoms with van der Waals surface area (Å²) in [7, 11) is 0. The van der Waals surface area contributed by atoms with Crippen LogP contribution in [-0.4, -0.2) is 23.9 Å². The molecule has 0 amide bonds. The van der Waals surface area contributed by atoms with Crippen LogP contribution in [0.2, 0.25) is 0 Å². The number of rotatable bonds is 5. The maximum Gasteiger partial charge on any atom is 0.0983 e. The van der Waals surface area contributed by atoms with Gasteiger partial charge in [0.15, 0.2) is 0 Å². The van der Waals surface area contributed by atoms with E-state index in [9.17, 15) is 0 Å². The lowest BCUT2D eigenvalue weighted by molar-refractivity contribution is -0.540. The van der Waals surface area contributed by atoms with Gasteiger partial charge in [-0.05, 0) is 20.8 Å². The van der Waals surface area contributed by atoms with E-state index in [0.717, 1.165) is 0 Å². The Morgan fingerprint density at radius 3 is 2.33 bits per heavy atom. The Labute approximate surface area is 73.3 Å². The fraction of sp³-hybridized carbons (Fsp3) is 1.00. The van der Waals surface area contributed by atoms with Crippen molar-refractivity contribution in [2.45, 2.75) is 33.3 Å². The van der Waals surface area contributed by atoms with Gasteiger partial charge in [0.25, 0.3) is 0 Å². The van der Waals surface area contributed by atoms with Crippen LogP contribution in [0, 0.1) is 5.92 Å². The van der Waals surface area contributed by atoms with Crippen molar-refractivity contribution in [3.8, 4) is 0 Å². The van der Waals surface area contributed by atoms with E-state index in [1.165, 1.54) is 0 Å². The zero-order valence-electron chi connectivity index (χ0n) is 8.16. The standard InChI is InChI=1S/C8H18O4/c1-7(5-9)6-10-12-11-8(2,3)4/h7,9H,5-6H2,1-4H3. The largest absolute Gasteiger partial charge is 0.396 e. The molecule has 0 aliphatic carbocycles. The molecule has 12 heavy (non-hydrogen) atoms. The molecule has 0 spiro atoms. The molecule has 1 atom stereocenters. The van der Waals surface area contributed by atoms with Crippen LogP contribution in [0.15, 0.2) is 0 Å². The molecule has 74 valence electrons. The maximum atomic E-state index is 8.62. The topological polar surface area (TPSA) is 47.9 Å². The van der Waals surface area contributed by atoms with Crippen LogP contribution in [0.3, 0.4) is 0 Å². The molecular formula is C8H18O4. The summed E-state index contributed by atoms with van der Waals surface area (Å²) < 4.78 is 0. The highest BCUT2D eigenvalue weighted by Gasteiger charge is 2.12. The van der Waals surface area contributed by atoms with E-state index in [-0.39, 0.29) is 18.1 Å². The van der Waals surface area contributed by atoms with E-state index in [0.29, 0.717) is 6.61 Å². The summed E-state index contributed by atoms with van der Waals surface area (Å²) in [5.74, 6) is 0.0635. The first-order valence-electron chi connectivity index (χ1n) is 4.04. The van der Waals surface area contributed by atoms with Crippen molar-refractivity contribution in [2.75, 3.05) is 13.2 Å². The Morgan fingerprint density at radius 1 is 1.33 bits per heavy atom. The third-order valence-electron chi connectivity index (χ3n) is 0.996. The second kappa shape index (κ2) is 5.48. The molecule has 1 unspecified atom stereocenters. The smallest absolute Gasteiger partial charge is 0.0983 e. The van der Waals surface area contributed by atoms with Gasteiger partial charge in [0.05, 0.1) is 12.2 Å². The summed E-state index contributed by atoms with van der Waals surface area (Å²) in [6.07, 6.45) is 0. The minimum absolute atomic E-state index is 0.0635. The molecule has 0 aliphatic rings. The van der Waals surface area contributed by atoms with E-state index in [2.05, 4.69) is 9.93 Å². The van der Waals surface area contributed by atoms with Crippen LogP contribution < -0.4 is 0 Å². The van der Waals surface area contributed by atoms with Crippen LogP contribution in [0.1, 0.15) is 27.7 Å². The SMILES string of the molecule is CC(CO)COOOC(C)(C)C. The molecular weight excluding hydrogens is 160 g/mol. The van der Waals surface area contributed by atoms with Crippen LogP contribution in [0.25, 0.3) is 0 Å². The molecule has 0 aromatic carbocycles.